The Morgan fingerprint density at radius 1 is 1.16 bits per heavy atom. The van der Waals surface area contributed by atoms with E-state index in [4.69, 9.17) is 10.5 Å². The van der Waals surface area contributed by atoms with Gasteiger partial charge in [-0.05, 0) is 12.1 Å². The van der Waals surface area contributed by atoms with Crippen LogP contribution in [-0.2, 0) is 10.1 Å². The molecule has 1 aliphatic heterocycles. The van der Waals surface area contributed by atoms with Gasteiger partial charge in [0.2, 0.25) is 0 Å². The highest BCUT2D eigenvalue weighted by Crippen LogP contribution is 2.28. The molecule has 25 heavy (non-hydrogen) atoms. The van der Waals surface area contributed by atoms with Crippen LogP contribution in [0.15, 0.2) is 34.0 Å². The smallest absolute Gasteiger partial charge is 0.296 e. The normalized spacial score (nSPS) is 13.5. The Hall–Kier alpha value is -3.18. The van der Waals surface area contributed by atoms with Gasteiger partial charge < -0.3 is 10.5 Å². The summed E-state index contributed by atoms with van der Waals surface area (Å²) < 4.78 is 38.4. The van der Waals surface area contributed by atoms with Gasteiger partial charge in [-0.25, -0.2) is 0 Å². The third-order valence-electron chi connectivity index (χ3n) is 3.64. The molecule has 0 unspecified atom stereocenters. The number of imide groups is 1. The van der Waals surface area contributed by atoms with E-state index in [9.17, 15) is 27.4 Å². The van der Waals surface area contributed by atoms with E-state index in [0.29, 0.717) is 0 Å². The van der Waals surface area contributed by atoms with Crippen LogP contribution in [-0.4, -0.2) is 36.5 Å². The molecule has 0 spiro atoms. The monoisotopic (exact) mass is 365 g/mol. The summed E-state index contributed by atoms with van der Waals surface area (Å²) in [5.74, 6) is -1.91. The van der Waals surface area contributed by atoms with Gasteiger partial charge in [0.05, 0.1) is 23.9 Å². The first-order valence-electron chi connectivity index (χ1n) is 6.72. The lowest BCUT2D eigenvalue weighted by atomic mass is 10.1. The summed E-state index contributed by atoms with van der Waals surface area (Å²) in [7, 11) is -3.46. The first-order chi connectivity index (χ1) is 11.6. The predicted molar refractivity (Wildman–Crippen MR) is 84.6 cm³/mol. The first kappa shape index (κ1) is 16.7. The zero-order valence-corrected chi connectivity index (χ0v) is 13.5. The van der Waals surface area contributed by atoms with Crippen LogP contribution in [0.1, 0.15) is 20.7 Å². The SMILES string of the molecule is COc1ccc(-n2c(N)c3c(cc2=O)C(=O)NC3=O)c(S(=O)(=O)O)c1. The van der Waals surface area contributed by atoms with Crippen molar-refractivity contribution in [3.63, 3.8) is 0 Å². The molecule has 2 aromatic rings. The molecule has 1 aliphatic rings. The second-order valence-corrected chi connectivity index (χ2v) is 6.47. The molecular formula is C14H11N3O7S. The molecule has 0 atom stereocenters. The Morgan fingerprint density at radius 3 is 2.44 bits per heavy atom. The summed E-state index contributed by atoms with van der Waals surface area (Å²) in [5, 5.41) is 1.99. The zero-order chi connectivity index (χ0) is 18.5. The molecule has 0 aliphatic carbocycles. The molecule has 2 amide bonds. The number of amides is 2. The highest BCUT2D eigenvalue weighted by molar-refractivity contribution is 7.86. The number of fused-ring (bicyclic) bond motifs is 1. The van der Waals surface area contributed by atoms with Crippen molar-refractivity contribution in [3.8, 4) is 11.4 Å². The molecule has 11 heteroatoms. The van der Waals surface area contributed by atoms with Gasteiger partial charge in [-0.1, -0.05) is 0 Å². The van der Waals surface area contributed by atoms with Crippen LogP contribution in [0.4, 0.5) is 5.82 Å². The zero-order valence-electron chi connectivity index (χ0n) is 12.6. The molecular weight excluding hydrogens is 354 g/mol. The highest BCUT2D eigenvalue weighted by atomic mass is 32.2. The summed E-state index contributed by atoms with van der Waals surface area (Å²) in [5.41, 5.74) is 4.25. The molecule has 10 nitrogen and oxygen atoms in total. The van der Waals surface area contributed by atoms with Crippen molar-refractivity contribution in [3.05, 3.63) is 45.7 Å². The van der Waals surface area contributed by atoms with E-state index in [1.165, 1.54) is 19.2 Å². The van der Waals surface area contributed by atoms with Crippen LogP contribution in [0.3, 0.4) is 0 Å². The van der Waals surface area contributed by atoms with Gasteiger partial charge in [0.25, 0.3) is 27.5 Å². The Morgan fingerprint density at radius 2 is 1.84 bits per heavy atom. The standard InChI is InChI=1S/C14H11N3O7S/c1-24-6-2-3-8(9(4-6)25(21,22)23)17-10(18)5-7-11(12(17)15)14(20)16-13(7)19/h2-5H,15H2,1H3,(H,16,19,20)(H,21,22,23). The molecule has 0 saturated heterocycles. The van der Waals surface area contributed by atoms with Crippen molar-refractivity contribution >= 4 is 27.8 Å². The maximum absolute atomic E-state index is 12.4. The number of pyridine rings is 1. The second kappa shape index (κ2) is 5.43. The minimum absolute atomic E-state index is 0.108. The van der Waals surface area contributed by atoms with E-state index < -0.39 is 38.2 Å². The lowest BCUT2D eigenvalue weighted by Gasteiger charge is -2.15. The Bertz CT molecular complexity index is 1100. The van der Waals surface area contributed by atoms with Crippen LogP contribution in [0.5, 0.6) is 5.75 Å². The minimum atomic E-state index is -4.75. The summed E-state index contributed by atoms with van der Waals surface area (Å²) in [6.45, 7) is 0. The maximum atomic E-state index is 12.4. The van der Waals surface area contributed by atoms with Crippen molar-refractivity contribution in [1.29, 1.82) is 0 Å². The lowest BCUT2D eigenvalue weighted by molar-refractivity contribution is 0.0880. The van der Waals surface area contributed by atoms with Crippen molar-refractivity contribution in [1.82, 2.24) is 9.88 Å². The number of ether oxygens (including phenoxy) is 1. The van der Waals surface area contributed by atoms with Gasteiger partial charge in [0.15, 0.2) is 0 Å². The number of rotatable bonds is 3. The molecule has 1 aromatic heterocycles. The van der Waals surface area contributed by atoms with Crippen LogP contribution >= 0.6 is 0 Å². The molecule has 4 N–H and O–H groups in total. The van der Waals surface area contributed by atoms with E-state index in [1.807, 2.05) is 5.32 Å². The number of hydrogen-bond donors (Lipinski definition) is 3. The first-order valence-corrected chi connectivity index (χ1v) is 8.16. The topological polar surface area (TPSA) is 158 Å². The molecule has 0 radical (unpaired) electrons. The second-order valence-electron chi connectivity index (χ2n) is 5.08. The van der Waals surface area contributed by atoms with E-state index >= 15 is 0 Å². The maximum Gasteiger partial charge on any atom is 0.296 e. The van der Waals surface area contributed by atoms with E-state index in [1.54, 1.807) is 0 Å². The number of carbonyl (C=O) groups is 2. The van der Waals surface area contributed by atoms with E-state index in [-0.39, 0.29) is 22.6 Å². The van der Waals surface area contributed by atoms with Gasteiger partial charge in [-0.2, -0.15) is 8.42 Å². The van der Waals surface area contributed by atoms with Gasteiger partial charge in [-0.3, -0.25) is 28.8 Å². The summed E-state index contributed by atoms with van der Waals surface area (Å²) in [6, 6.07) is 4.38. The van der Waals surface area contributed by atoms with Gasteiger partial charge >= 0.3 is 0 Å². The quantitative estimate of drug-likeness (QED) is 0.488. The summed E-state index contributed by atoms with van der Waals surface area (Å²) >= 11 is 0. The number of carbonyl (C=O) groups excluding carboxylic acids is 2. The van der Waals surface area contributed by atoms with Crippen molar-refractivity contribution < 1.29 is 27.3 Å². The molecule has 0 fully saturated rings. The lowest BCUT2D eigenvalue weighted by Crippen LogP contribution is -2.25. The number of nitrogens with two attached hydrogens (primary N) is 1. The number of benzene rings is 1. The van der Waals surface area contributed by atoms with Crippen LogP contribution in [0, 0.1) is 0 Å². The van der Waals surface area contributed by atoms with Crippen molar-refractivity contribution in [2.24, 2.45) is 0 Å². The molecule has 1 aromatic carbocycles. The molecule has 2 heterocycles. The average molecular weight is 365 g/mol. The Balaban J connectivity index is 2.40. The number of nitrogens with zero attached hydrogens (tertiary/aromatic N) is 1. The minimum Gasteiger partial charge on any atom is -0.497 e. The fourth-order valence-electron chi connectivity index (χ4n) is 2.54. The fraction of sp³-hybridized carbons (Fsp3) is 0.0714. The highest BCUT2D eigenvalue weighted by Gasteiger charge is 2.32. The van der Waals surface area contributed by atoms with Gasteiger partial charge in [-0.15, -0.1) is 0 Å². The third-order valence-corrected chi connectivity index (χ3v) is 4.52. The molecule has 0 saturated carbocycles. The van der Waals surface area contributed by atoms with Crippen molar-refractivity contribution in [2.75, 3.05) is 12.8 Å². The number of nitrogen functional groups attached to an aromatic ring is 1. The van der Waals surface area contributed by atoms with Crippen LogP contribution in [0.2, 0.25) is 0 Å². The summed E-state index contributed by atoms with van der Waals surface area (Å²) in [6.07, 6.45) is 0. The molecule has 3 rings (SSSR count). The largest absolute Gasteiger partial charge is 0.497 e. The Labute approximate surface area is 140 Å². The molecule has 130 valence electrons. The predicted octanol–water partition coefficient (Wildman–Crippen LogP) is -0.441. The number of anilines is 1. The number of methoxy groups -OCH3 is 1. The Kier molecular flexibility index (Phi) is 3.62. The van der Waals surface area contributed by atoms with Gasteiger partial charge in [0, 0.05) is 12.1 Å². The number of aromatic nitrogens is 1. The summed E-state index contributed by atoms with van der Waals surface area (Å²) in [4.78, 5) is 35.2. The number of hydrogen-bond acceptors (Lipinski definition) is 7. The third kappa shape index (κ3) is 2.55. The van der Waals surface area contributed by atoms with E-state index in [0.717, 1.165) is 16.7 Å². The average Bonchev–Trinajstić information content (AvgIpc) is 2.80. The molecule has 0 bridgehead atoms. The van der Waals surface area contributed by atoms with Gasteiger partial charge in [0.1, 0.15) is 16.5 Å². The van der Waals surface area contributed by atoms with Crippen molar-refractivity contribution in [2.45, 2.75) is 4.90 Å². The van der Waals surface area contributed by atoms with E-state index in [2.05, 4.69) is 0 Å². The van der Waals surface area contributed by atoms with Crippen LogP contribution < -0.4 is 21.3 Å². The number of nitrogens with one attached hydrogen (secondary N) is 1. The van der Waals surface area contributed by atoms with Crippen LogP contribution in [0.25, 0.3) is 5.69 Å². The fourth-order valence-corrected chi connectivity index (χ4v) is 3.23.